The van der Waals surface area contributed by atoms with Gasteiger partial charge in [-0.05, 0) is 123 Å². The van der Waals surface area contributed by atoms with Crippen molar-refractivity contribution in [2.75, 3.05) is 0 Å². The van der Waals surface area contributed by atoms with E-state index in [1.165, 1.54) is 15.9 Å². The zero-order chi connectivity index (χ0) is 63.1. The van der Waals surface area contributed by atoms with Gasteiger partial charge in [-0.15, -0.1) is 0 Å². The number of rotatable bonds is 16. The Hall–Kier alpha value is -4.02. The molecular weight excluding hydrogens is 1110 g/mol. The molecule has 6 rings (SSSR count). The first-order chi connectivity index (χ1) is 38.4. The first-order valence-corrected chi connectivity index (χ1v) is 41.1. The molecule has 12 atom stereocenters. The van der Waals surface area contributed by atoms with Gasteiger partial charge in [0.05, 0.1) is 36.1 Å². The van der Waals surface area contributed by atoms with E-state index in [-0.39, 0.29) is 99.0 Å². The molecule has 3 aliphatic rings. The van der Waals surface area contributed by atoms with E-state index in [2.05, 4.69) is 232 Å². The van der Waals surface area contributed by atoms with Crippen molar-refractivity contribution in [1.29, 1.82) is 0 Å². The summed E-state index contributed by atoms with van der Waals surface area (Å²) in [6.07, 6.45) is 7.19. The van der Waals surface area contributed by atoms with Gasteiger partial charge in [-0.3, -0.25) is 19.2 Å². The number of cyclic esters (lactones) is 3. The van der Waals surface area contributed by atoms with Gasteiger partial charge in [0.2, 0.25) is 0 Å². The molecular formula is C68H109O11PSi3. The van der Waals surface area contributed by atoms with Crippen LogP contribution in [-0.4, -0.2) is 97.9 Å². The summed E-state index contributed by atoms with van der Waals surface area (Å²) in [7, 11) is -5.81. The largest absolute Gasteiger partial charge is 0.462 e. The van der Waals surface area contributed by atoms with Crippen LogP contribution in [0.3, 0.4) is 0 Å². The maximum Gasteiger partial charge on any atom is 0.311 e. The van der Waals surface area contributed by atoms with E-state index < -0.39 is 37.9 Å². The number of hydrogen-bond acceptors (Lipinski definition) is 11. The summed E-state index contributed by atoms with van der Waals surface area (Å²) in [5, 5.41) is 4.59. The monoisotopic (exact) mass is 1220 g/mol. The Balaban J connectivity index is 0.000000291. The molecule has 0 saturated carbocycles. The Morgan fingerprint density at radius 1 is 0.482 bits per heavy atom. The minimum absolute atomic E-state index is 0.0568. The third-order valence-corrected chi connectivity index (χ3v) is 36.1. The van der Waals surface area contributed by atoms with E-state index in [9.17, 15) is 24.0 Å². The summed E-state index contributed by atoms with van der Waals surface area (Å²) < 4.78 is 35.6. The molecule has 3 aliphatic heterocycles. The van der Waals surface area contributed by atoms with Gasteiger partial charge in [-0.25, -0.2) is 0 Å². The number of hydrogen-bond donors (Lipinski definition) is 0. The number of ether oxygens (including phenoxy) is 3. The van der Waals surface area contributed by atoms with Crippen molar-refractivity contribution in [2.24, 2.45) is 35.5 Å². The molecule has 15 heteroatoms. The minimum atomic E-state index is -1.97. The molecule has 0 aliphatic carbocycles. The third-order valence-electron chi connectivity index (χ3n) is 18.5. The topological polar surface area (TPSA) is 141 Å². The van der Waals surface area contributed by atoms with Gasteiger partial charge in [0.15, 0.2) is 37.3 Å². The number of esters is 3. The quantitative estimate of drug-likeness (QED) is 0.0338. The van der Waals surface area contributed by atoms with Crippen molar-refractivity contribution in [2.45, 2.75) is 234 Å². The zero-order valence-electron chi connectivity index (χ0n) is 55.2. The lowest BCUT2D eigenvalue weighted by Crippen LogP contribution is -2.54. The fourth-order valence-corrected chi connectivity index (χ4v) is 18.2. The van der Waals surface area contributed by atoms with Gasteiger partial charge < -0.3 is 32.3 Å². The lowest BCUT2D eigenvalue weighted by atomic mass is 9.85. The molecule has 11 nitrogen and oxygen atoms in total. The van der Waals surface area contributed by atoms with Crippen LogP contribution in [0, 0.1) is 35.5 Å². The summed E-state index contributed by atoms with van der Waals surface area (Å²) in [6.45, 7) is 47.3. The highest BCUT2D eigenvalue weighted by atomic mass is 31.2. The van der Waals surface area contributed by atoms with Crippen molar-refractivity contribution in [3.8, 4) is 0 Å². The summed E-state index contributed by atoms with van der Waals surface area (Å²) in [4.78, 5) is 57.6. The molecule has 3 aromatic carbocycles. The molecule has 0 radical (unpaired) electrons. The van der Waals surface area contributed by atoms with Crippen LogP contribution >= 0.6 is 6.89 Å². The van der Waals surface area contributed by atoms with Gasteiger partial charge in [-0.2, -0.15) is 0 Å². The second-order valence-electron chi connectivity index (χ2n) is 27.8. The molecule has 0 spiro atoms. The van der Waals surface area contributed by atoms with E-state index in [1.807, 2.05) is 33.8 Å². The Labute approximate surface area is 505 Å². The summed E-state index contributed by atoms with van der Waals surface area (Å²) in [5.41, 5.74) is 0. The van der Waals surface area contributed by atoms with Crippen LogP contribution in [0.2, 0.25) is 54.4 Å². The first kappa shape index (κ1) is 73.2. The molecule has 0 N–H and O–H groups in total. The van der Waals surface area contributed by atoms with Crippen LogP contribution in [0.25, 0.3) is 0 Å². The Bertz CT molecular complexity index is 2500. The van der Waals surface area contributed by atoms with Crippen molar-refractivity contribution in [3.05, 3.63) is 103 Å². The van der Waals surface area contributed by atoms with Crippen LogP contribution in [0.15, 0.2) is 103 Å². The number of carbonyl (C=O) groups excluding carboxylic acids is 5. The van der Waals surface area contributed by atoms with Gasteiger partial charge >= 0.3 is 17.9 Å². The van der Waals surface area contributed by atoms with Crippen molar-refractivity contribution >= 4 is 84.0 Å². The van der Waals surface area contributed by atoms with Gasteiger partial charge in [0, 0.05) is 24.2 Å². The Morgan fingerprint density at radius 2 is 0.807 bits per heavy atom. The smallest absolute Gasteiger partial charge is 0.311 e. The standard InChI is InChI=1S/C21H21P.C17H32O3Si.C16H30O4Si.C14H26O4Si/c1-2-18-22(19-12-6-3-7-13-19,20-14-8-4-9-15-20)21-16-10-5-11-17-21;1-9-10-11-14-12(2)15(13(3)16(18)19-14)20-21(7,8)17(4,5)6;1-11-13(9-8-10-17)19-15(18)12(2)14(11)20-21(6,7)16(3,4)5;1-9-11(8-15)17-13(16)10(2)12(9)18-19(6,7)14(3,4)5/h3-18H,2H2,1H3;10-15H,9H2,1-8H3;10-14H,8-9H2,1-7H3;8-12H,1-7H3/b;11-10-;;/t;12-,13+,14-,15-;11-,12+,13-,14-;9-,10+,11-,12-/m.000/s1. The zero-order valence-corrected chi connectivity index (χ0v) is 59.1. The molecule has 0 aromatic heterocycles. The SMILES string of the molecule is CC/C=C\[C@@H]1OC(=O)[C@H](C)[C@@H](O[Si](C)(C)C(C)(C)C)[C@H]1C.CCC=P(c1ccccc1)(c1ccccc1)c1ccccc1.C[C@@H]1[C@H](O[Si](C)(C)C(C)(C)C)[C@@H](C)C(=O)O[C@H]1C=O.C[C@@H]1[C@H](O[Si](C)(C)C(C)(C)C)[C@@H](C)C(=O)O[C@H]1CCC=O. The van der Waals surface area contributed by atoms with Crippen molar-refractivity contribution in [3.63, 3.8) is 0 Å². The summed E-state index contributed by atoms with van der Waals surface area (Å²) in [5.74, 6) is 1.31. The lowest BCUT2D eigenvalue weighted by molar-refractivity contribution is -0.177. The van der Waals surface area contributed by atoms with Gasteiger partial charge in [-0.1, -0.05) is 200 Å². The first-order valence-electron chi connectivity index (χ1n) is 30.5. The predicted octanol–water partition coefficient (Wildman–Crippen LogP) is 15.1. The van der Waals surface area contributed by atoms with Crippen LogP contribution in [0.5, 0.6) is 0 Å². The number of allylic oxidation sites excluding steroid dienone is 1. The molecule has 0 amide bonds. The fourth-order valence-electron chi connectivity index (χ4n) is 9.81. The average molecular weight is 1220 g/mol. The third kappa shape index (κ3) is 19.0. The second-order valence-corrected chi connectivity index (χ2v) is 45.4. The second kappa shape index (κ2) is 31.1. The lowest BCUT2D eigenvalue weighted by Gasteiger charge is -2.46. The minimum Gasteiger partial charge on any atom is -0.462 e. The van der Waals surface area contributed by atoms with Crippen LogP contribution < -0.4 is 15.9 Å². The molecule has 0 bridgehead atoms. The van der Waals surface area contributed by atoms with E-state index in [1.54, 1.807) is 0 Å². The normalized spacial score (nSPS) is 26.3. The molecule has 3 saturated heterocycles. The van der Waals surface area contributed by atoms with E-state index >= 15 is 0 Å². The van der Waals surface area contributed by atoms with Gasteiger partial charge in [0.1, 0.15) is 18.5 Å². The Morgan fingerprint density at radius 3 is 1.12 bits per heavy atom. The molecule has 464 valence electrons. The molecule has 3 fully saturated rings. The maximum atomic E-state index is 12.1. The number of aldehydes is 2. The summed E-state index contributed by atoms with van der Waals surface area (Å²) >= 11 is 0. The van der Waals surface area contributed by atoms with Crippen LogP contribution in [0.4, 0.5) is 0 Å². The number of carbonyl (C=O) groups is 5. The molecule has 83 heavy (non-hydrogen) atoms. The maximum absolute atomic E-state index is 12.1. The van der Waals surface area contributed by atoms with E-state index in [0.717, 1.165) is 19.1 Å². The van der Waals surface area contributed by atoms with Crippen molar-refractivity contribution < 1.29 is 51.5 Å². The van der Waals surface area contributed by atoms with Crippen LogP contribution in [-0.2, 0) is 51.5 Å². The van der Waals surface area contributed by atoms with E-state index in [0.29, 0.717) is 19.1 Å². The highest BCUT2D eigenvalue weighted by Gasteiger charge is 2.50. The van der Waals surface area contributed by atoms with E-state index in [4.69, 9.17) is 27.5 Å². The number of benzene rings is 3. The van der Waals surface area contributed by atoms with Crippen molar-refractivity contribution in [1.82, 2.24) is 0 Å². The molecule has 3 aromatic rings. The highest BCUT2D eigenvalue weighted by Crippen LogP contribution is 2.46. The molecule has 3 heterocycles. The summed E-state index contributed by atoms with van der Waals surface area (Å²) in [6, 6.07) is 32.9. The molecule has 0 unspecified atom stereocenters. The van der Waals surface area contributed by atoms with Gasteiger partial charge in [0.25, 0.3) is 0 Å². The Kier molecular flexibility index (Phi) is 27.4. The fraction of sp³-hybridized carbons (Fsp3) is 0.618. The predicted molar refractivity (Wildman–Crippen MR) is 353 cm³/mol. The highest BCUT2D eigenvalue weighted by molar-refractivity contribution is 7.94. The van der Waals surface area contributed by atoms with Crippen LogP contribution in [0.1, 0.15) is 143 Å². The average Bonchev–Trinajstić information content (AvgIpc) is 3.54.